The molecule has 328 valence electrons. The molecule has 0 heterocycles. The largest absolute Gasteiger partial charge is 0.480 e. The standard InChI is InChI=1S/C45H59N7O9/c1-4-14-35(52-45(60)61-27-34-32-19-10-8-17-30(32)31-18-9-11-20-33(31)34)41(55)48-25-39(53)47-26-40(54)49-38(24-29-15-6-5-7-16-29)43(57)51-37(23-28(2)3)42(56)50-36(44(58)59)21-12-13-22-46/h5-11,15-20,28,34-38H,4,12-14,21-27,46H2,1-3H3,(H,47,53)(H,48,55)(H,49,54)(H,50,56)(H,51,57)(H,52,60)(H,58,59)/t35-,36-,37-,38-/m0/s1. The summed E-state index contributed by atoms with van der Waals surface area (Å²) in [6.45, 7) is 4.95. The Morgan fingerprint density at radius 2 is 1.25 bits per heavy atom. The van der Waals surface area contributed by atoms with Gasteiger partial charge in [-0.25, -0.2) is 9.59 Å². The van der Waals surface area contributed by atoms with Crippen LogP contribution in [0.3, 0.4) is 0 Å². The third kappa shape index (κ3) is 14.7. The lowest BCUT2D eigenvalue weighted by Crippen LogP contribution is -2.57. The number of benzene rings is 3. The Balaban J connectivity index is 1.29. The Hall–Kier alpha value is -6.29. The molecule has 3 aromatic rings. The van der Waals surface area contributed by atoms with E-state index in [1.807, 2.05) is 69.3 Å². The van der Waals surface area contributed by atoms with E-state index in [0.717, 1.165) is 22.3 Å². The van der Waals surface area contributed by atoms with E-state index in [1.54, 1.807) is 30.3 Å². The fourth-order valence-electron chi connectivity index (χ4n) is 7.17. The molecular formula is C45H59N7O9. The van der Waals surface area contributed by atoms with Gasteiger partial charge >= 0.3 is 12.1 Å². The number of aliphatic carboxylic acids is 1. The Labute approximate surface area is 356 Å². The molecule has 1 aliphatic rings. The van der Waals surface area contributed by atoms with Crippen LogP contribution in [0.15, 0.2) is 78.9 Å². The maximum atomic E-state index is 13.7. The zero-order chi connectivity index (χ0) is 44.3. The van der Waals surface area contributed by atoms with Gasteiger partial charge in [-0.2, -0.15) is 0 Å². The summed E-state index contributed by atoms with van der Waals surface area (Å²) in [5.41, 5.74) is 10.5. The van der Waals surface area contributed by atoms with Crippen LogP contribution in [0.4, 0.5) is 4.79 Å². The minimum atomic E-state index is -1.21. The summed E-state index contributed by atoms with van der Waals surface area (Å²) < 4.78 is 5.61. The minimum absolute atomic E-state index is 0.0464. The number of hydrogen-bond acceptors (Lipinski definition) is 9. The second-order valence-electron chi connectivity index (χ2n) is 15.5. The number of nitrogens with one attached hydrogen (secondary N) is 6. The number of unbranched alkanes of at least 4 members (excludes halogenated alkanes) is 1. The number of carboxylic acid groups (broad SMARTS) is 1. The van der Waals surface area contributed by atoms with Crippen LogP contribution in [-0.4, -0.2) is 97.1 Å². The van der Waals surface area contributed by atoms with Crippen LogP contribution >= 0.6 is 0 Å². The van der Waals surface area contributed by atoms with Gasteiger partial charge in [0.15, 0.2) is 0 Å². The SMILES string of the molecule is CCC[C@H](NC(=O)OCC1c2ccccc2-c2ccccc21)C(=O)NCC(=O)NCC(=O)N[C@@H](Cc1ccccc1)C(=O)N[C@@H](CC(C)C)C(=O)N[C@@H](CCCCN)C(=O)O. The van der Waals surface area contributed by atoms with Crippen LogP contribution in [-0.2, 0) is 39.9 Å². The summed E-state index contributed by atoms with van der Waals surface area (Å²) in [5.74, 6) is -4.81. The maximum Gasteiger partial charge on any atom is 0.407 e. The number of carbonyl (C=O) groups is 7. The summed E-state index contributed by atoms with van der Waals surface area (Å²) in [6.07, 6.45) is 1.54. The lowest BCUT2D eigenvalue weighted by atomic mass is 9.98. The van der Waals surface area contributed by atoms with E-state index in [-0.39, 0.29) is 44.1 Å². The fourth-order valence-corrected chi connectivity index (χ4v) is 7.17. The van der Waals surface area contributed by atoms with Gasteiger partial charge in [-0.15, -0.1) is 0 Å². The molecule has 0 aliphatic heterocycles. The van der Waals surface area contributed by atoms with Gasteiger partial charge in [0.05, 0.1) is 13.1 Å². The average Bonchev–Trinajstić information content (AvgIpc) is 3.56. The summed E-state index contributed by atoms with van der Waals surface area (Å²) in [7, 11) is 0. The Morgan fingerprint density at radius 1 is 0.656 bits per heavy atom. The first-order chi connectivity index (χ1) is 29.3. The van der Waals surface area contributed by atoms with E-state index in [1.165, 1.54) is 0 Å². The molecule has 0 bridgehead atoms. The molecule has 0 aromatic heterocycles. The number of ether oxygens (including phenoxy) is 1. The predicted octanol–water partition coefficient (Wildman–Crippen LogP) is 2.88. The Bertz CT molecular complexity index is 1930. The molecule has 1 aliphatic carbocycles. The second-order valence-corrected chi connectivity index (χ2v) is 15.5. The van der Waals surface area contributed by atoms with Crippen molar-refractivity contribution in [3.63, 3.8) is 0 Å². The number of alkyl carbamates (subject to hydrolysis) is 1. The maximum absolute atomic E-state index is 13.7. The fraction of sp³-hybridized carbons (Fsp3) is 0.444. The molecular weight excluding hydrogens is 783 g/mol. The van der Waals surface area contributed by atoms with Gasteiger partial charge in [0.2, 0.25) is 29.5 Å². The van der Waals surface area contributed by atoms with Gasteiger partial charge in [0, 0.05) is 12.3 Å². The highest BCUT2D eigenvalue weighted by Gasteiger charge is 2.32. The minimum Gasteiger partial charge on any atom is -0.480 e. The Kier molecular flexibility index (Phi) is 18.7. The molecule has 16 nitrogen and oxygen atoms in total. The predicted molar refractivity (Wildman–Crippen MR) is 229 cm³/mol. The second kappa shape index (κ2) is 24.1. The summed E-state index contributed by atoms with van der Waals surface area (Å²) in [5, 5.41) is 25.1. The summed E-state index contributed by atoms with van der Waals surface area (Å²) >= 11 is 0. The first kappa shape index (κ1) is 47.4. The normalized spacial score (nSPS) is 13.7. The zero-order valence-corrected chi connectivity index (χ0v) is 35.0. The zero-order valence-electron chi connectivity index (χ0n) is 35.0. The summed E-state index contributed by atoms with van der Waals surface area (Å²) in [6, 6.07) is 20.3. The highest BCUT2D eigenvalue weighted by molar-refractivity contribution is 5.95. The number of fused-ring (bicyclic) bond motifs is 3. The molecule has 0 spiro atoms. The molecule has 9 N–H and O–H groups in total. The number of nitrogens with two attached hydrogens (primary N) is 1. The molecule has 16 heteroatoms. The third-order valence-corrected chi connectivity index (χ3v) is 10.2. The number of carbonyl (C=O) groups excluding carboxylic acids is 6. The van der Waals surface area contributed by atoms with Crippen LogP contribution in [0.1, 0.15) is 81.9 Å². The molecule has 0 saturated carbocycles. The van der Waals surface area contributed by atoms with Crippen LogP contribution < -0.4 is 37.6 Å². The lowest BCUT2D eigenvalue weighted by Gasteiger charge is -2.25. The van der Waals surface area contributed by atoms with Crippen LogP contribution in [0.2, 0.25) is 0 Å². The number of rotatable bonds is 24. The van der Waals surface area contributed by atoms with E-state index in [4.69, 9.17) is 10.5 Å². The van der Waals surface area contributed by atoms with Crippen molar-refractivity contribution in [3.05, 3.63) is 95.6 Å². The van der Waals surface area contributed by atoms with Crippen LogP contribution in [0.5, 0.6) is 0 Å². The molecule has 0 radical (unpaired) electrons. The first-order valence-electron chi connectivity index (χ1n) is 20.8. The van der Waals surface area contributed by atoms with Crippen LogP contribution in [0, 0.1) is 5.92 Å². The van der Waals surface area contributed by atoms with E-state index in [9.17, 15) is 38.7 Å². The average molecular weight is 842 g/mol. The molecule has 0 fully saturated rings. The van der Waals surface area contributed by atoms with Crippen LogP contribution in [0.25, 0.3) is 11.1 Å². The molecule has 0 saturated heterocycles. The van der Waals surface area contributed by atoms with E-state index in [0.29, 0.717) is 31.4 Å². The molecule has 61 heavy (non-hydrogen) atoms. The van der Waals surface area contributed by atoms with E-state index < -0.39 is 78.9 Å². The summed E-state index contributed by atoms with van der Waals surface area (Å²) in [4.78, 5) is 90.8. The van der Waals surface area contributed by atoms with Gasteiger partial charge in [-0.3, -0.25) is 24.0 Å². The quantitative estimate of drug-likeness (QED) is 0.0613. The number of hydrogen-bond donors (Lipinski definition) is 8. The van der Waals surface area contributed by atoms with Gasteiger partial charge in [0.1, 0.15) is 30.8 Å². The third-order valence-electron chi connectivity index (χ3n) is 10.2. The van der Waals surface area contributed by atoms with Crippen molar-refractivity contribution < 1.29 is 43.4 Å². The molecule has 3 aromatic carbocycles. The van der Waals surface area contributed by atoms with Crippen molar-refractivity contribution >= 4 is 41.6 Å². The van der Waals surface area contributed by atoms with E-state index >= 15 is 0 Å². The monoisotopic (exact) mass is 841 g/mol. The highest BCUT2D eigenvalue weighted by atomic mass is 16.5. The van der Waals surface area contributed by atoms with Gasteiger partial charge < -0.3 is 47.5 Å². The Morgan fingerprint density at radius 3 is 1.85 bits per heavy atom. The molecule has 4 rings (SSSR count). The van der Waals surface area contributed by atoms with Gasteiger partial charge in [-0.1, -0.05) is 106 Å². The molecule has 4 atom stereocenters. The van der Waals surface area contributed by atoms with Crippen molar-refractivity contribution in [1.82, 2.24) is 31.9 Å². The van der Waals surface area contributed by atoms with Gasteiger partial charge in [0.25, 0.3) is 0 Å². The lowest BCUT2D eigenvalue weighted by molar-refractivity contribution is -0.142. The number of carboxylic acids is 1. The van der Waals surface area contributed by atoms with E-state index in [2.05, 4.69) is 31.9 Å². The van der Waals surface area contributed by atoms with Gasteiger partial charge in [-0.05, 0) is 72.4 Å². The first-order valence-corrected chi connectivity index (χ1v) is 20.8. The van der Waals surface area contributed by atoms with Crippen molar-refractivity contribution in [2.24, 2.45) is 11.7 Å². The molecule has 6 amide bonds. The van der Waals surface area contributed by atoms with Crippen molar-refractivity contribution in [3.8, 4) is 11.1 Å². The van der Waals surface area contributed by atoms with Crippen molar-refractivity contribution in [2.45, 2.75) is 95.8 Å². The van der Waals surface area contributed by atoms with Crippen molar-refractivity contribution in [2.75, 3.05) is 26.2 Å². The van der Waals surface area contributed by atoms with Crippen molar-refractivity contribution in [1.29, 1.82) is 0 Å². The highest BCUT2D eigenvalue weighted by Crippen LogP contribution is 2.44. The smallest absolute Gasteiger partial charge is 0.407 e. The number of amides is 6. The molecule has 0 unspecified atom stereocenters. The topological polar surface area (TPSA) is 247 Å².